The van der Waals surface area contributed by atoms with Crippen molar-refractivity contribution in [2.24, 2.45) is 5.92 Å². The maximum atomic E-state index is 13.3. The molecule has 3 aromatic rings. The Balaban J connectivity index is 1.52. The molecule has 0 saturated heterocycles. The number of hydrogen-bond donors (Lipinski definition) is 2. The number of hydrogen-bond acceptors (Lipinski definition) is 4. The second-order valence-corrected chi connectivity index (χ2v) is 9.57. The minimum absolute atomic E-state index is 0.0510. The van der Waals surface area contributed by atoms with Crippen LogP contribution in [0.3, 0.4) is 0 Å². The van der Waals surface area contributed by atoms with Crippen molar-refractivity contribution < 1.29 is 19.5 Å². The van der Waals surface area contributed by atoms with Gasteiger partial charge in [0.2, 0.25) is 5.91 Å². The van der Waals surface area contributed by atoms with E-state index in [0.29, 0.717) is 37.9 Å². The molecule has 174 valence electrons. The van der Waals surface area contributed by atoms with Crippen molar-refractivity contribution >= 4 is 45.0 Å². The van der Waals surface area contributed by atoms with E-state index in [0.717, 1.165) is 21.5 Å². The number of likely N-dealkylation sites (N-methyl/N-ethyl adjacent to an activating group) is 1. The molecule has 4 rings (SSSR count). The molecular weight excluding hydrogens is 438 g/mol. The van der Waals surface area contributed by atoms with Crippen LogP contribution in [-0.4, -0.2) is 40.0 Å². The zero-order valence-electron chi connectivity index (χ0n) is 18.9. The Labute approximate surface area is 197 Å². The number of carbonyl (C=O) groups excluding carboxylic acids is 2. The first-order chi connectivity index (χ1) is 15.9. The molecule has 1 aromatic carbocycles. The first-order valence-electron chi connectivity index (χ1n) is 11.3. The summed E-state index contributed by atoms with van der Waals surface area (Å²) >= 11 is 1.54. The predicted molar refractivity (Wildman–Crippen MR) is 130 cm³/mol. The van der Waals surface area contributed by atoms with E-state index in [1.54, 1.807) is 9.47 Å². The maximum absolute atomic E-state index is 13.3. The highest BCUT2D eigenvalue weighted by Gasteiger charge is 2.28. The van der Waals surface area contributed by atoms with Crippen molar-refractivity contribution in [2.45, 2.75) is 52.1 Å². The zero-order chi connectivity index (χ0) is 23.5. The molecule has 1 saturated carbocycles. The summed E-state index contributed by atoms with van der Waals surface area (Å²) in [7, 11) is 0. The lowest BCUT2D eigenvalue weighted by Gasteiger charge is -2.27. The Morgan fingerprint density at radius 3 is 2.45 bits per heavy atom. The molecule has 0 bridgehead atoms. The number of amides is 2. The molecule has 8 heteroatoms. The third kappa shape index (κ3) is 4.95. The van der Waals surface area contributed by atoms with Gasteiger partial charge in [-0.05, 0) is 69.2 Å². The molecule has 0 aliphatic heterocycles. The zero-order valence-corrected chi connectivity index (χ0v) is 19.7. The van der Waals surface area contributed by atoms with Crippen molar-refractivity contribution in [3.8, 4) is 0 Å². The fourth-order valence-corrected chi connectivity index (χ4v) is 5.35. The Kier molecular flexibility index (Phi) is 6.83. The number of anilines is 1. The van der Waals surface area contributed by atoms with Crippen LogP contribution in [0.5, 0.6) is 0 Å². The summed E-state index contributed by atoms with van der Waals surface area (Å²) < 4.78 is 2.75. The van der Waals surface area contributed by atoms with E-state index in [-0.39, 0.29) is 30.3 Å². The molecule has 0 radical (unpaired) electrons. The van der Waals surface area contributed by atoms with E-state index in [9.17, 15) is 19.5 Å². The van der Waals surface area contributed by atoms with Gasteiger partial charge in [0.1, 0.15) is 12.2 Å². The molecular formula is C25H29N3O4S. The number of carboxylic acid groups (broad SMARTS) is 1. The van der Waals surface area contributed by atoms with Crippen molar-refractivity contribution in [3.05, 3.63) is 53.0 Å². The third-order valence-corrected chi connectivity index (χ3v) is 7.28. The molecule has 0 atom stereocenters. The fourth-order valence-electron chi connectivity index (χ4n) is 4.53. The van der Waals surface area contributed by atoms with Gasteiger partial charge >= 0.3 is 5.97 Å². The van der Waals surface area contributed by atoms with E-state index in [4.69, 9.17) is 0 Å². The van der Waals surface area contributed by atoms with Crippen LogP contribution in [-0.2, 0) is 16.1 Å². The number of aliphatic carboxylic acids is 1. The van der Waals surface area contributed by atoms with Gasteiger partial charge in [0, 0.05) is 18.3 Å². The van der Waals surface area contributed by atoms with Gasteiger partial charge in [-0.25, -0.2) is 0 Å². The van der Waals surface area contributed by atoms with Crippen LogP contribution in [0.2, 0.25) is 0 Å². The summed E-state index contributed by atoms with van der Waals surface area (Å²) in [6, 6.07) is 11.6. The Morgan fingerprint density at radius 1 is 1.12 bits per heavy atom. The van der Waals surface area contributed by atoms with Crippen LogP contribution in [0, 0.1) is 12.8 Å². The topological polar surface area (TPSA) is 91.6 Å². The van der Waals surface area contributed by atoms with Crippen LogP contribution >= 0.6 is 11.3 Å². The number of carboxylic acids is 1. The van der Waals surface area contributed by atoms with Gasteiger partial charge < -0.3 is 19.9 Å². The molecule has 2 amide bonds. The molecule has 2 heterocycles. The molecule has 2 aromatic heterocycles. The van der Waals surface area contributed by atoms with Crippen LogP contribution < -0.4 is 10.2 Å². The number of benzene rings is 1. The SMILES string of the molecule is CCN(C(=O)Cn1c(C(=O)N[C@H]2CC[C@H](C(=O)O)CC2)cc2sccc21)c1ccc(C)cc1. The molecule has 2 N–H and O–H groups in total. The maximum Gasteiger partial charge on any atom is 0.306 e. The van der Waals surface area contributed by atoms with Crippen molar-refractivity contribution in [2.75, 3.05) is 11.4 Å². The lowest BCUT2D eigenvalue weighted by Crippen LogP contribution is -2.40. The Bertz CT molecular complexity index is 1160. The summed E-state index contributed by atoms with van der Waals surface area (Å²) in [5, 5.41) is 14.2. The van der Waals surface area contributed by atoms with Crippen LogP contribution in [0.4, 0.5) is 5.69 Å². The predicted octanol–water partition coefficient (Wildman–Crippen LogP) is 4.44. The minimum atomic E-state index is -0.763. The van der Waals surface area contributed by atoms with E-state index in [2.05, 4.69) is 5.32 Å². The van der Waals surface area contributed by atoms with Crippen molar-refractivity contribution in [1.29, 1.82) is 0 Å². The van der Waals surface area contributed by atoms with Gasteiger partial charge in [-0.3, -0.25) is 14.4 Å². The first-order valence-corrected chi connectivity index (χ1v) is 12.2. The van der Waals surface area contributed by atoms with Crippen LogP contribution in [0.25, 0.3) is 10.2 Å². The van der Waals surface area contributed by atoms with Crippen molar-refractivity contribution in [3.63, 3.8) is 0 Å². The van der Waals surface area contributed by atoms with Gasteiger partial charge in [-0.2, -0.15) is 0 Å². The monoisotopic (exact) mass is 467 g/mol. The third-order valence-electron chi connectivity index (χ3n) is 6.42. The number of rotatable bonds is 7. The Morgan fingerprint density at radius 2 is 1.82 bits per heavy atom. The molecule has 7 nitrogen and oxygen atoms in total. The summed E-state index contributed by atoms with van der Waals surface area (Å²) in [5.41, 5.74) is 3.30. The van der Waals surface area contributed by atoms with Gasteiger partial charge in [0.25, 0.3) is 5.91 Å². The highest BCUT2D eigenvalue weighted by molar-refractivity contribution is 7.17. The highest BCUT2D eigenvalue weighted by Crippen LogP contribution is 2.28. The van der Waals surface area contributed by atoms with Gasteiger partial charge in [0.05, 0.1) is 16.1 Å². The molecule has 0 unspecified atom stereocenters. The highest BCUT2D eigenvalue weighted by atomic mass is 32.1. The first kappa shape index (κ1) is 23.0. The van der Waals surface area contributed by atoms with Crippen molar-refractivity contribution in [1.82, 2.24) is 9.88 Å². The smallest absolute Gasteiger partial charge is 0.306 e. The quantitative estimate of drug-likeness (QED) is 0.537. The fraction of sp³-hybridized carbons (Fsp3) is 0.400. The van der Waals surface area contributed by atoms with Gasteiger partial charge in [-0.1, -0.05) is 17.7 Å². The van der Waals surface area contributed by atoms with E-state index < -0.39 is 5.97 Å². The molecule has 1 aliphatic rings. The average molecular weight is 468 g/mol. The summed E-state index contributed by atoms with van der Waals surface area (Å²) in [5.74, 6) is -1.39. The standard InChI is InChI=1S/C25H29N3O4S/c1-3-27(19-10-4-16(2)5-11-19)23(29)15-28-20-12-13-33-22(20)14-21(28)24(30)26-18-8-6-17(7-9-18)25(31)32/h4-5,10-14,17-18H,3,6-9,15H2,1-2H3,(H,26,30)(H,31,32)/t17-,18-. The second kappa shape index (κ2) is 9.79. The van der Waals surface area contributed by atoms with E-state index in [1.165, 1.54) is 11.3 Å². The number of aryl methyl sites for hydroxylation is 1. The molecule has 33 heavy (non-hydrogen) atoms. The number of nitrogens with one attached hydrogen (secondary N) is 1. The summed E-state index contributed by atoms with van der Waals surface area (Å²) in [6.07, 6.45) is 2.43. The van der Waals surface area contributed by atoms with Crippen LogP contribution in [0.15, 0.2) is 41.8 Å². The molecule has 1 aliphatic carbocycles. The minimum Gasteiger partial charge on any atom is -0.481 e. The van der Waals surface area contributed by atoms with Gasteiger partial charge in [0.15, 0.2) is 0 Å². The number of thiophene rings is 1. The largest absolute Gasteiger partial charge is 0.481 e. The summed E-state index contributed by atoms with van der Waals surface area (Å²) in [4.78, 5) is 39.4. The van der Waals surface area contributed by atoms with E-state index in [1.807, 2.05) is 55.6 Å². The normalized spacial score (nSPS) is 18.2. The molecule has 0 spiro atoms. The number of carbonyl (C=O) groups is 3. The number of aromatic nitrogens is 1. The second-order valence-electron chi connectivity index (χ2n) is 8.62. The molecule has 1 fully saturated rings. The van der Waals surface area contributed by atoms with E-state index >= 15 is 0 Å². The Hall–Kier alpha value is -3.13. The van der Waals surface area contributed by atoms with Gasteiger partial charge in [-0.15, -0.1) is 11.3 Å². The number of nitrogens with zero attached hydrogens (tertiary/aromatic N) is 2. The summed E-state index contributed by atoms with van der Waals surface area (Å²) in [6.45, 7) is 4.55. The van der Waals surface area contributed by atoms with Crippen LogP contribution in [0.1, 0.15) is 48.7 Å². The lowest BCUT2D eigenvalue weighted by atomic mass is 9.86. The number of fused-ring (bicyclic) bond motifs is 1. The lowest BCUT2D eigenvalue weighted by molar-refractivity contribution is -0.142. The average Bonchev–Trinajstić information content (AvgIpc) is 3.38.